The van der Waals surface area contributed by atoms with Gasteiger partial charge in [-0.15, -0.1) is 0 Å². The van der Waals surface area contributed by atoms with Crippen LogP contribution in [-0.2, 0) is 14.3 Å². The number of rotatable bonds is 10. The van der Waals surface area contributed by atoms with Gasteiger partial charge in [-0.05, 0) is 55.5 Å². The molecule has 1 heterocycles. The van der Waals surface area contributed by atoms with Gasteiger partial charge in [-0.3, -0.25) is 4.79 Å². The highest BCUT2D eigenvalue weighted by Gasteiger charge is 2.30. The summed E-state index contributed by atoms with van der Waals surface area (Å²) < 4.78 is 17.7. The Morgan fingerprint density at radius 2 is 1.80 bits per heavy atom. The molecule has 0 amide bonds. The first-order valence-corrected chi connectivity index (χ1v) is 10.6. The minimum Gasteiger partial charge on any atom is -0.481 e. The molecule has 30 heavy (non-hydrogen) atoms. The molecule has 0 aromatic heterocycles. The highest BCUT2D eigenvalue weighted by atomic mass is 16.7. The zero-order valence-electron chi connectivity index (χ0n) is 17.3. The van der Waals surface area contributed by atoms with Crippen molar-refractivity contribution in [3.63, 3.8) is 0 Å². The van der Waals surface area contributed by atoms with E-state index in [1.165, 1.54) is 0 Å². The van der Waals surface area contributed by atoms with Gasteiger partial charge in [0, 0.05) is 13.0 Å². The van der Waals surface area contributed by atoms with E-state index in [4.69, 9.17) is 14.2 Å². The van der Waals surface area contributed by atoms with E-state index >= 15 is 0 Å². The molecule has 6 heteroatoms. The molecule has 0 spiro atoms. The first kappa shape index (κ1) is 22.3. The van der Waals surface area contributed by atoms with Crippen LogP contribution in [0.5, 0.6) is 11.5 Å². The van der Waals surface area contributed by atoms with Gasteiger partial charge in [-0.1, -0.05) is 37.3 Å². The van der Waals surface area contributed by atoms with Gasteiger partial charge >= 0.3 is 5.97 Å². The second kappa shape index (κ2) is 11.1. The molecule has 0 radical (unpaired) electrons. The lowest BCUT2D eigenvalue weighted by Crippen LogP contribution is -2.31. The van der Waals surface area contributed by atoms with Gasteiger partial charge in [0.1, 0.15) is 11.5 Å². The van der Waals surface area contributed by atoms with Gasteiger partial charge in [0.25, 0.3) is 0 Å². The van der Waals surface area contributed by atoms with Crippen LogP contribution in [0.3, 0.4) is 0 Å². The number of benzene rings is 2. The quantitative estimate of drug-likeness (QED) is 0.574. The Hall–Kier alpha value is -2.41. The average molecular weight is 414 g/mol. The van der Waals surface area contributed by atoms with Gasteiger partial charge in [-0.2, -0.15) is 0 Å². The highest BCUT2D eigenvalue weighted by Crippen LogP contribution is 2.32. The molecule has 162 valence electrons. The Bertz CT molecular complexity index is 770. The fourth-order valence-corrected chi connectivity index (χ4v) is 3.64. The summed E-state index contributed by atoms with van der Waals surface area (Å²) in [5.74, 6) is -0.389. The molecule has 0 bridgehead atoms. The summed E-state index contributed by atoms with van der Waals surface area (Å²) in [6, 6.07) is 17.0. The summed E-state index contributed by atoms with van der Waals surface area (Å²) in [7, 11) is 0. The summed E-state index contributed by atoms with van der Waals surface area (Å²) in [5.41, 5.74) is 0.851. The van der Waals surface area contributed by atoms with Crippen LogP contribution in [0.25, 0.3) is 0 Å². The second-order valence-corrected chi connectivity index (χ2v) is 7.56. The lowest BCUT2D eigenvalue weighted by molar-refractivity contribution is -0.196. The largest absolute Gasteiger partial charge is 0.481 e. The molecule has 2 aromatic rings. The van der Waals surface area contributed by atoms with Gasteiger partial charge in [-0.25, -0.2) is 0 Å². The van der Waals surface area contributed by atoms with Crippen LogP contribution in [0.4, 0.5) is 0 Å². The van der Waals surface area contributed by atoms with Crippen molar-refractivity contribution in [3.05, 3.63) is 60.2 Å². The molecule has 4 atom stereocenters. The van der Waals surface area contributed by atoms with E-state index in [0.717, 1.165) is 30.6 Å². The summed E-state index contributed by atoms with van der Waals surface area (Å²) in [6.45, 7) is 2.41. The van der Waals surface area contributed by atoms with Gasteiger partial charge in [0.15, 0.2) is 6.29 Å². The van der Waals surface area contributed by atoms with Crippen LogP contribution in [0.15, 0.2) is 54.6 Å². The molecule has 2 N–H and O–H groups in total. The molecule has 2 aromatic carbocycles. The number of aliphatic carboxylic acids is 1. The van der Waals surface area contributed by atoms with E-state index in [-0.39, 0.29) is 12.7 Å². The number of aliphatic hydroxyl groups is 1. The van der Waals surface area contributed by atoms with Crippen molar-refractivity contribution >= 4 is 5.97 Å². The standard InChI is InChI=1S/C24H30O6/c1-2-20(24(26)27)21(25)16-22(30-23-10-6-7-15-28-23)17-11-13-19(14-12-17)29-18-8-4-3-5-9-18/h3-5,8-9,11-14,20-23,25H,2,6-7,10,15-16H2,1H3,(H,26,27)/t20-,21-,22-,23?/m0/s1. The number of carboxylic acid groups (broad SMARTS) is 1. The average Bonchev–Trinajstić information content (AvgIpc) is 2.75. The van der Waals surface area contributed by atoms with Crippen LogP contribution < -0.4 is 4.74 Å². The van der Waals surface area contributed by atoms with E-state index in [2.05, 4.69) is 0 Å². The lowest BCUT2D eigenvalue weighted by atomic mass is 9.92. The predicted octanol–water partition coefficient (Wildman–Crippen LogP) is 4.93. The van der Waals surface area contributed by atoms with Crippen molar-refractivity contribution in [1.29, 1.82) is 0 Å². The highest BCUT2D eigenvalue weighted by molar-refractivity contribution is 5.70. The molecule has 1 aliphatic rings. The Labute approximate surface area is 177 Å². The monoisotopic (exact) mass is 414 g/mol. The molecule has 1 aliphatic heterocycles. The Kier molecular flexibility index (Phi) is 8.25. The first-order chi connectivity index (χ1) is 14.6. The summed E-state index contributed by atoms with van der Waals surface area (Å²) in [6.07, 6.45) is 1.53. The second-order valence-electron chi connectivity index (χ2n) is 7.56. The van der Waals surface area contributed by atoms with Crippen molar-refractivity contribution in [3.8, 4) is 11.5 Å². The summed E-state index contributed by atoms with van der Waals surface area (Å²) >= 11 is 0. The van der Waals surface area contributed by atoms with Gasteiger partial charge in [0.05, 0.1) is 18.1 Å². The molecule has 6 nitrogen and oxygen atoms in total. The van der Waals surface area contributed by atoms with E-state index < -0.39 is 24.1 Å². The third-order valence-electron chi connectivity index (χ3n) is 5.36. The number of carbonyl (C=O) groups is 1. The van der Waals surface area contributed by atoms with Crippen LogP contribution in [0.1, 0.15) is 50.7 Å². The summed E-state index contributed by atoms with van der Waals surface area (Å²) in [4.78, 5) is 11.5. The fourth-order valence-electron chi connectivity index (χ4n) is 3.64. The van der Waals surface area contributed by atoms with E-state index in [9.17, 15) is 15.0 Å². The van der Waals surface area contributed by atoms with E-state index in [0.29, 0.717) is 18.8 Å². The van der Waals surface area contributed by atoms with Crippen molar-refractivity contribution in [2.75, 3.05) is 6.61 Å². The topological polar surface area (TPSA) is 85.2 Å². The van der Waals surface area contributed by atoms with Crippen molar-refractivity contribution in [2.45, 2.75) is 57.5 Å². The number of para-hydroxylation sites is 1. The van der Waals surface area contributed by atoms with E-state index in [1.54, 1.807) is 6.92 Å². The number of ether oxygens (including phenoxy) is 3. The molecule has 3 rings (SSSR count). The number of carboxylic acids is 1. The third-order valence-corrected chi connectivity index (χ3v) is 5.36. The lowest BCUT2D eigenvalue weighted by Gasteiger charge is -2.30. The Morgan fingerprint density at radius 3 is 2.40 bits per heavy atom. The maximum absolute atomic E-state index is 11.5. The van der Waals surface area contributed by atoms with Crippen molar-refractivity contribution < 1.29 is 29.2 Å². The molecule has 1 fully saturated rings. The van der Waals surface area contributed by atoms with Crippen LogP contribution in [-0.4, -0.2) is 35.2 Å². The Balaban J connectivity index is 1.73. The maximum Gasteiger partial charge on any atom is 0.309 e. The first-order valence-electron chi connectivity index (χ1n) is 10.6. The Morgan fingerprint density at radius 1 is 1.10 bits per heavy atom. The van der Waals surface area contributed by atoms with Gasteiger partial charge < -0.3 is 24.4 Å². The molecular weight excluding hydrogens is 384 g/mol. The fraction of sp³-hybridized carbons (Fsp3) is 0.458. The smallest absolute Gasteiger partial charge is 0.309 e. The normalized spacial score (nSPS) is 19.6. The van der Waals surface area contributed by atoms with Crippen LogP contribution in [0, 0.1) is 5.92 Å². The zero-order valence-corrected chi connectivity index (χ0v) is 17.3. The van der Waals surface area contributed by atoms with Crippen molar-refractivity contribution in [2.24, 2.45) is 5.92 Å². The molecular formula is C24H30O6. The van der Waals surface area contributed by atoms with Gasteiger partial charge in [0.2, 0.25) is 0 Å². The minimum absolute atomic E-state index is 0.184. The van der Waals surface area contributed by atoms with E-state index in [1.807, 2.05) is 54.6 Å². The zero-order chi connectivity index (χ0) is 21.3. The predicted molar refractivity (Wildman–Crippen MR) is 112 cm³/mol. The third kappa shape index (κ3) is 6.29. The summed E-state index contributed by atoms with van der Waals surface area (Å²) in [5, 5.41) is 19.9. The molecule has 1 unspecified atom stereocenters. The SMILES string of the molecule is CC[C@H](C(=O)O)[C@@H](O)C[C@H](OC1CCCCO1)c1ccc(Oc2ccccc2)cc1. The number of hydrogen-bond donors (Lipinski definition) is 2. The molecule has 0 aliphatic carbocycles. The van der Waals surface area contributed by atoms with Crippen molar-refractivity contribution in [1.82, 2.24) is 0 Å². The van der Waals surface area contributed by atoms with Crippen LogP contribution in [0.2, 0.25) is 0 Å². The number of aliphatic hydroxyl groups excluding tert-OH is 1. The number of hydrogen-bond acceptors (Lipinski definition) is 5. The maximum atomic E-state index is 11.5. The minimum atomic E-state index is -1.01. The molecule has 1 saturated heterocycles. The van der Waals surface area contributed by atoms with Crippen LogP contribution >= 0.6 is 0 Å². The molecule has 0 saturated carbocycles.